The number of nitriles is 2. The van der Waals surface area contributed by atoms with Gasteiger partial charge in [-0.25, -0.2) is 4.79 Å². The summed E-state index contributed by atoms with van der Waals surface area (Å²) in [6.07, 6.45) is 9.67. The van der Waals surface area contributed by atoms with Crippen LogP contribution in [0.3, 0.4) is 0 Å². The highest BCUT2D eigenvalue weighted by Crippen LogP contribution is 2.40. The Morgan fingerprint density at radius 3 is 2.14 bits per heavy atom. The number of nitrogens with zero attached hydrogens (tertiary/aromatic N) is 3. The van der Waals surface area contributed by atoms with Gasteiger partial charge in [0, 0.05) is 6.20 Å². The van der Waals surface area contributed by atoms with Crippen LogP contribution in [-0.4, -0.2) is 17.6 Å². The molecule has 0 atom stereocenters. The van der Waals surface area contributed by atoms with Gasteiger partial charge in [0.2, 0.25) is 0 Å². The third-order valence-electron chi connectivity index (χ3n) is 6.02. The lowest BCUT2D eigenvalue weighted by Crippen LogP contribution is -2.20. The molecule has 4 rings (SSSR count). The number of rotatable bonds is 2. The molecular formula is C22H22N4O2. The zero-order valence-electron chi connectivity index (χ0n) is 16.0. The largest absolute Gasteiger partial charge is 0.464 e. The number of methoxy groups -OCH3 is 1. The lowest BCUT2D eigenvalue weighted by molar-refractivity contribution is 0.0593. The summed E-state index contributed by atoms with van der Waals surface area (Å²) in [5.41, 5.74) is 12.8. The Balaban J connectivity index is 2.11. The standard InChI is InChI=1S/C22H22N4O2/c1-28-22(27)21-19(25)13(10-23)12-26(21)20-17-9-5-4-7-15(17)14-6-2-3-8-16(14)18(20)11-24/h12H,2-9,25H2,1H3. The van der Waals surface area contributed by atoms with Crippen LogP contribution in [0.4, 0.5) is 5.69 Å². The van der Waals surface area contributed by atoms with Gasteiger partial charge in [-0.15, -0.1) is 0 Å². The monoisotopic (exact) mass is 374 g/mol. The highest BCUT2D eigenvalue weighted by Gasteiger charge is 2.31. The summed E-state index contributed by atoms with van der Waals surface area (Å²) in [4.78, 5) is 12.5. The first-order chi connectivity index (χ1) is 13.6. The van der Waals surface area contributed by atoms with Crippen LogP contribution < -0.4 is 5.73 Å². The quantitative estimate of drug-likeness (QED) is 0.812. The van der Waals surface area contributed by atoms with Crippen molar-refractivity contribution in [3.63, 3.8) is 0 Å². The normalized spacial score (nSPS) is 15.1. The van der Waals surface area contributed by atoms with E-state index in [0.717, 1.165) is 62.5 Å². The van der Waals surface area contributed by atoms with Gasteiger partial charge in [0.15, 0.2) is 5.69 Å². The first kappa shape index (κ1) is 18.1. The van der Waals surface area contributed by atoms with E-state index >= 15 is 0 Å². The lowest BCUT2D eigenvalue weighted by atomic mass is 9.77. The van der Waals surface area contributed by atoms with E-state index in [1.54, 1.807) is 10.8 Å². The van der Waals surface area contributed by atoms with E-state index in [0.29, 0.717) is 11.3 Å². The van der Waals surface area contributed by atoms with Crippen LogP contribution in [0.2, 0.25) is 0 Å². The lowest BCUT2D eigenvalue weighted by Gasteiger charge is -2.30. The Kier molecular flexibility index (Phi) is 4.57. The predicted molar refractivity (Wildman–Crippen MR) is 104 cm³/mol. The minimum Gasteiger partial charge on any atom is -0.464 e. The van der Waals surface area contributed by atoms with Gasteiger partial charge in [0.1, 0.15) is 12.1 Å². The van der Waals surface area contributed by atoms with Gasteiger partial charge in [-0.05, 0) is 73.6 Å². The van der Waals surface area contributed by atoms with Crippen molar-refractivity contribution in [1.29, 1.82) is 10.5 Å². The number of hydrogen-bond acceptors (Lipinski definition) is 5. The van der Waals surface area contributed by atoms with Crippen LogP contribution >= 0.6 is 0 Å². The molecule has 1 aromatic carbocycles. The second-order valence-electron chi connectivity index (χ2n) is 7.44. The van der Waals surface area contributed by atoms with Crippen molar-refractivity contribution in [2.75, 3.05) is 12.8 Å². The smallest absolute Gasteiger partial charge is 0.357 e. The number of hydrogen-bond donors (Lipinski definition) is 1. The first-order valence-corrected chi connectivity index (χ1v) is 9.71. The fourth-order valence-electron chi connectivity index (χ4n) is 4.78. The van der Waals surface area contributed by atoms with Crippen molar-refractivity contribution in [3.8, 4) is 17.8 Å². The van der Waals surface area contributed by atoms with Crippen molar-refractivity contribution in [3.05, 3.63) is 45.3 Å². The summed E-state index contributed by atoms with van der Waals surface area (Å²) in [6, 6.07) is 4.45. The number of fused-ring (bicyclic) bond motifs is 3. The molecular weight excluding hydrogens is 352 g/mol. The van der Waals surface area contributed by atoms with E-state index in [-0.39, 0.29) is 16.9 Å². The van der Waals surface area contributed by atoms with Crippen LogP contribution in [-0.2, 0) is 30.4 Å². The van der Waals surface area contributed by atoms with Crippen LogP contribution in [0.25, 0.3) is 5.69 Å². The highest BCUT2D eigenvalue weighted by molar-refractivity contribution is 5.96. The predicted octanol–water partition coefficient (Wildman–Crippen LogP) is 3.35. The van der Waals surface area contributed by atoms with Crippen LogP contribution in [0.5, 0.6) is 0 Å². The summed E-state index contributed by atoms with van der Waals surface area (Å²) in [5, 5.41) is 19.5. The second-order valence-corrected chi connectivity index (χ2v) is 7.44. The SMILES string of the molecule is COC(=O)c1c(N)c(C#N)cn1-c1c(C#N)c2c(c3c1CCCC3)CCCC2. The van der Waals surface area contributed by atoms with E-state index in [2.05, 4.69) is 6.07 Å². The van der Waals surface area contributed by atoms with Crippen molar-refractivity contribution in [2.24, 2.45) is 0 Å². The average molecular weight is 374 g/mol. The fourth-order valence-corrected chi connectivity index (χ4v) is 4.78. The summed E-state index contributed by atoms with van der Waals surface area (Å²) in [7, 11) is 1.29. The molecule has 0 unspecified atom stereocenters. The number of nitrogens with two attached hydrogens (primary N) is 1. The molecule has 6 nitrogen and oxygen atoms in total. The minimum absolute atomic E-state index is 0.0977. The Morgan fingerprint density at radius 2 is 1.57 bits per heavy atom. The molecule has 0 spiro atoms. The number of aromatic nitrogens is 1. The molecule has 0 saturated heterocycles. The number of carbonyl (C=O) groups is 1. The van der Waals surface area contributed by atoms with Crippen molar-refractivity contribution in [1.82, 2.24) is 4.57 Å². The fraction of sp³-hybridized carbons (Fsp3) is 0.409. The minimum atomic E-state index is -0.606. The molecule has 1 heterocycles. The molecule has 0 saturated carbocycles. The molecule has 6 heteroatoms. The molecule has 0 radical (unpaired) electrons. The van der Waals surface area contributed by atoms with Gasteiger partial charge in [0.05, 0.1) is 29.6 Å². The zero-order valence-corrected chi connectivity index (χ0v) is 16.0. The number of benzene rings is 1. The van der Waals surface area contributed by atoms with E-state index in [1.807, 2.05) is 6.07 Å². The maximum absolute atomic E-state index is 12.5. The summed E-state index contributed by atoms with van der Waals surface area (Å²) >= 11 is 0. The van der Waals surface area contributed by atoms with Crippen LogP contribution in [0, 0.1) is 22.7 Å². The molecule has 2 aliphatic rings. The van der Waals surface area contributed by atoms with Crippen LogP contribution in [0.1, 0.15) is 69.6 Å². The number of carbonyl (C=O) groups excluding carboxylic acids is 1. The van der Waals surface area contributed by atoms with Gasteiger partial charge < -0.3 is 15.0 Å². The average Bonchev–Trinajstić information content (AvgIpc) is 3.07. The van der Waals surface area contributed by atoms with Gasteiger partial charge in [0.25, 0.3) is 0 Å². The molecule has 28 heavy (non-hydrogen) atoms. The maximum Gasteiger partial charge on any atom is 0.357 e. The van der Waals surface area contributed by atoms with E-state index < -0.39 is 5.97 Å². The molecule has 2 N–H and O–H groups in total. The second kappa shape index (κ2) is 7.05. The molecule has 2 aromatic rings. The molecule has 0 fully saturated rings. The summed E-state index contributed by atoms with van der Waals surface area (Å²) in [6.45, 7) is 0. The first-order valence-electron chi connectivity index (χ1n) is 9.71. The van der Waals surface area contributed by atoms with Gasteiger partial charge in [-0.2, -0.15) is 10.5 Å². The number of nitrogen functional groups attached to an aromatic ring is 1. The molecule has 142 valence electrons. The number of esters is 1. The molecule has 0 bridgehead atoms. The van der Waals surface area contributed by atoms with Crippen molar-refractivity contribution < 1.29 is 9.53 Å². The van der Waals surface area contributed by atoms with Crippen molar-refractivity contribution in [2.45, 2.75) is 51.4 Å². The molecule has 0 aliphatic heterocycles. The highest BCUT2D eigenvalue weighted by atomic mass is 16.5. The van der Waals surface area contributed by atoms with E-state index in [1.165, 1.54) is 18.2 Å². The van der Waals surface area contributed by atoms with Gasteiger partial charge >= 0.3 is 5.97 Å². The summed E-state index contributed by atoms with van der Waals surface area (Å²) in [5.74, 6) is -0.606. The molecule has 2 aliphatic carbocycles. The van der Waals surface area contributed by atoms with Crippen molar-refractivity contribution >= 4 is 11.7 Å². The Hall–Kier alpha value is -3.25. The maximum atomic E-state index is 12.5. The Morgan fingerprint density at radius 1 is 1.00 bits per heavy atom. The number of ether oxygens (including phenoxy) is 1. The summed E-state index contributed by atoms with van der Waals surface area (Å²) < 4.78 is 6.57. The van der Waals surface area contributed by atoms with Crippen LogP contribution in [0.15, 0.2) is 6.20 Å². The number of anilines is 1. The van der Waals surface area contributed by atoms with E-state index in [9.17, 15) is 15.3 Å². The third kappa shape index (κ3) is 2.57. The molecule has 0 amide bonds. The Bertz CT molecular complexity index is 1070. The zero-order chi connectivity index (χ0) is 19.8. The topological polar surface area (TPSA) is 105 Å². The molecule has 1 aromatic heterocycles. The van der Waals surface area contributed by atoms with Gasteiger partial charge in [-0.3, -0.25) is 0 Å². The van der Waals surface area contributed by atoms with E-state index in [4.69, 9.17) is 10.5 Å². The third-order valence-corrected chi connectivity index (χ3v) is 6.02. The Labute approximate surface area is 164 Å². The van der Waals surface area contributed by atoms with Gasteiger partial charge in [-0.1, -0.05) is 0 Å².